The van der Waals surface area contributed by atoms with Crippen molar-refractivity contribution in [3.8, 4) is 11.4 Å². The van der Waals surface area contributed by atoms with Gasteiger partial charge in [0.2, 0.25) is 0 Å². The van der Waals surface area contributed by atoms with Crippen LogP contribution in [0.15, 0.2) is 58.8 Å². The molecule has 144 valence electrons. The van der Waals surface area contributed by atoms with Crippen molar-refractivity contribution < 1.29 is 4.79 Å². The molecule has 1 aromatic heterocycles. The van der Waals surface area contributed by atoms with Gasteiger partial charge >= 0.3 is 0 Å². The van der Waals surface area contributed by atoms with Gasteiger partial charge in [0.05, 0.1) is 12.0 Å². The van der Waals surface area contributed by atoms with Crippen LogP contribution in [0.5, 0.6) is 0 Å². The fourth-order valence-corrected chi connectivity index (χ4v) is 3.39. The van der Waals surface area contributed by atoms with Crippen molar-refractivity contribution in [1.82, 2.24) is 20.2 Å². The zero-order valence-electron chi connectivity index (χ0n) is 16.2. The third kappa shape index (κ3) is 5.07. The summed E-state index contributed by atoms with van der Waals surface area (Å²) < 4.78 is 2.01. The molecule has 1 amide bonds. The Balaban J connectivity index is 1.58. The highest BCUT2D eigenvalue weighted by Gasteiger charge is 2.14. The van der Waals surface area contributed by atoms with E-state index < -0.39 is 0 Å². The first kappa shape index (κ1) is 19.8. The number of nitrogens with zero attached hydrogens (tertiary/aromatic N) is 4. The minimum absolute atomic E-state index is 0.184. The molecule has 6 nitrogen and oxygen atoms in total. The highest BCUT2D eigenvalue weighted by molar-refractivity contribution is 7.99. The van der Waals surface area contributed by atoms with Crippen molar-refractivity contribution in [3.05, 3.63) is 65.2 Å². The van der Waals surface area contributed by atoms with E-state index in [1.54, 1.807) is 6.21 Å². The van der Waals surface area contributed by atoms with Gasteiger partial charge in [-0.3, -0.25) is 4.79 Å². The molecule has 2 aromatic carbocycles. The van der Waals surface area contributed by atoms with Crippen LogP contribution in [0.2, 0.25) is 0 Å². The van der Waals surface area contributed by atoms with E-state index in [9.17, 15) is 4.79 Å². The van der Waals surface area contributed by atoms with E-state index in [1.807, 2.05) is 54.8 Å². The Hall–Kier alpha value is -2.93. The van der Waals surface area contributed by atoms with Gasteiger partial charge in [0, 0.05) is 12.1 Å². The van der Waals surface area contributed by atoms with E-state index in [0.29, 0.717) is 0 Å². The molecule has 28 heavy (non-hydrogen) atoms. The maximum absolute atomic E-state index is 12.1. The van der Waals surface area contributed by atoms with E-state index >= 15 is 0 Å². The Labute approximate surface area is 169 Å². The number of hydrogen-bond acceptors (Lipinski definition) is 5. The number of aromatic nitrogens is 3. The van der Waals surface area contributed by atoms with Crippen molar-refractivity contribution in [1.29, 1.82) is 0 Å². The molecule has 3 aromatic rings. The molecule has 1 N–H and O–H groups in total. The summed E-state index contributed by atoms with van der Waals surface area (Å²) in [5, 5.41) is 13.3. The summed E-state index contributed by atoms with van der Waals surface area (Å²) in [7, 11) is 0. The number of rotatable bonds is 7. The second-order valence-electron chi connectivity index (χ2n) is 6.41. The van der Waals surface area contributed by atoms with Gasteiger partial charge in [0.25, 0.3) is 5.91 Å². The first-order chi connectivity index (χ1) is 13.6. The SMILES string of the molecule is CCn1c(SCC(=O)N/N=C/c2ccc(C)cc2)nnc1-c1ccc(C)cc1. The summed E-state index contributed by atoms with van der Waals surface area (Å²) in [5.41, 5.74) is 6.88. The Morgan fingerprint density at radius 2 is 1.71 bits per heavy atom. The summed E-state index contributed by atoms with van der Waals surface area (Å²) in [4.78, 5) is 12.1. The standard InChI is InChI=1S/C21H23N5OS/c1-4-26-20(18-11-7-16(3)8-12-18)24-25-21(26)28-14-19(27)23-22-13-17-9-5-15(2)6-10-17/h5-13H,4,14H2,1-3H3,(H,23,27)/b22-13+. The highest BCUT2D eigenvalue weighted by atomic mass is 32.2. The number of thioether (sulfide) groups is 1. The number of carbonyl (C=O) groups excluding carboxylic acids is 1. The lowest BCUT2D eigenvalue weighted by Crippen LogP contribution is -2.20. The number of aryl methyl sites for hydroxylation is 2. The van der Waals surface area contributed by atoms with E-state index in [1.165, 1.54) is 22.9 Å². The average Bonchev–Trinajstić information content (AvgIpc) is 3.11. The molecule has 7 heteroatoms. The minimum atomic E-state index is -0.184. The molecule has 0 saturated heterocycles. The van der Waals surface area contributed by atoms with Crippen LogP contribution in [0.1, 0.15) is 23.6 Å². The first-order valence-corrected chi connectivity index (χ1v) is 10.1. The number of carbonyl (C=O) groups is 1. The maximum atomic E-state index is 12.1. The summed E-state index contributed by atoms with van der Waals surface area (Å²) >= 11 is 1.35. The number of hydrazone groups is 1. The van der Waals surface area contributed by atoms with Gasteiger partial charge in [-0.2, -0.15) is 5.10 Å². The van der Waals surface area contributed by atoms with Gasteiger partial charge in [0.1, 0.15) is 0 Å². The van der Waals surface area contributed by atoms with Crippen molar-refractivity contribution in [2.24, 2.45) is 5.10 Å². The third-order valence-corrected chi connectivity index (χ3v) is 5.12. The van der Waals surface area contributed by atoms with Gasteiger partial charge in [-0.25, -0.2) is 5.43 Å². The second kappa shape index (κ2) is 9.32. The fourth-order valence-electron chi connectivity index (χ4n) is 2.59. The van der Waals surface area contributed by atoms with Crippen molar-refractivity contribution in [2.45, 2.75) is 32.5 Å². The zero-order chi connectivity index (χ0) is 19.9. The van der Waals surface area contributed by atoms with Crippen molar-refractivity contribution in [2.75, 3.05) is 5.75 Å². The monoisotopic (exact) mass is 393 g/mol. The Bertz CT molecular complexity index is 961. The van der Waals surface area contributed by atoms with Gasteiger partial charge in [-0.15, -0.1) is 10.2 Å². The zero-order valence-corrected chi connectivity index (χ0v) is 17.0. The molecule has 0 fully saturated rings. The molecule has 1 heterocycles. The maximum Gasteiger partial charge on any atom is 0.250 e. The lowest BCUT2D eigenvalue weighted by molar-refractivity contribution is -0.118. The lowest BCUT2D eigenvalue weighted by atomic mass is 10.1. The molecule has 0 bridgehead atoms. The van der Waals surface area contributed by atoms with Crippen LogP contribution in [0.25, 0.3) is 11.4 Å². The van der Waals surface area contributed by atoms with Crippen molar-refractivity contribution in [3.63, 3.8) is 0 Å². The predicted octanol–water partition coefficient (Wildman–Crippen LogP) is 3.82. The Kier molecular flexibility index (Phi) is 6.60. The average molecular weight is 394 g/mol. The number of nitrogens with one attached hydrogen (secondary N) is 1. The second-order valence-corrected chi connectivity index (χ2v) is 7.35. The molecule has 0 saturated carbocycles. The Morgan fingerprint density at radius 3 is 2.36 bits per heavy atom. The fraction of sp³-hybridized carbons (Fsp3) is 0.238. The molecule has 0 aliphatic rings. The van der Waals surface area contributed by atoms with E-state index in [4.69, 9.17) is 0 Å². The first-order valence-electron chi connectivity index (χ1n) is 9.08. The molecular weight excluding hydrogens is 370 g/mol. The van der Waals surface area contributed by atoms with Crippen LogP contribution < -0.4 is 5.43 Å². The quantitative estimate of drug-likeness (QED) is 0.376. The molecule has 0 atom stereocenters. The van der Waals surface area contributed by atoms with Crippen LogP contribution in [0, 0.1) is 13.8 Å². The molecule has 0 unspecified atom stereocenters. The highest BCUT2D eigenvalue weighted by Crippen LogP contribution is 2.24. The smallest absolute Gasteiger partial charge is 0.250 e. The summed E-state index contributed by atoms with van der Waals surface area (Å²) in [6.07, 6.45) is 1.63. The van der Waals surface area contributed by atoms with Crippen LogP contribution in [0.4, 0.5) is 0 Å². The summed E-state index contributed by atoms with van der Waals surface area (Å²) in [6, 6.07) is 16.1. The molecule has 0 aliphatic carbocycles. The lowest BCUT2D eigenvalue weighted by Gasteiger charge is -2.07. The van der Waals surface area contributed by atoms with Gasteiger partial charge in [0.15, 0.2) is 11.0 Å². The van der Waals surface area contributed by atoms with E-state index in [2.05, 4.69) is 39.8 Å². The number of amides is 1. The van der Waals surface area contributed by atoms with Gasteiger partial charge in [-0.1, -0.05) is 71.4 Å². The largest absolute Gasteiger partial charge is 0.302 e. The molecular formula is C21H23N5OS. The Morgan fingerprint density at radius 1 is 1.07 bits per heavy atom. The topological polar surface area (TPSA) is 72.2 Å². The summed E-state index contributed by atoms with van der Waals surface area (Å²) in [6.45, 7) is 6.84. The van der Waals surface area contributed by atoms with E-state index in [-0.39, 0.29) is 11.7 Å². The minimum Gasteiger partial charge on any atom is -0.302 e. The molecule has 3 rings (SSSR count). The molecule has 0 aliphatic heterocycles. The van der Waals surface area contributed by atoms with Crippen LogP contribution in [-0.4, -0.2) is 32.6 Å². The van der Waals surface area contributed by atoms with Crippen molar-refractivity contribution >= 4 is 23.9 Å². The predicted molar refractivity (Wildman–Crippen MR) is 114 cm³/mol. The van der Waals surface area contributed by atoms with Crippen LogP contribution in [-0.2, 0) is 11.3 Å². The number of benzene rings is 2. The van der Waals surface area contributed by atoms with Crippen LogP contribution in [0.3, 0.4) is 0 Å². The van der Waals surface area contributed by atoms with Gasteiger partial charge < -0.3 is 4.57 Å². The van der Waals surface area contributed by atoms with Gasteiger partial charge in [-0.05, 0) is 26.3 Å². The molecule has 0 spiro atoms. The summed E-state index contributed by atoms with van der Waals surface area (Å²) in [5.74, 6) is 0.843. The normalized spacial score (nSPS) is 11.1. The number of hydrogen-bond donors (Lipinski definition) is 1. The molecule has 0 radical (unpaired) electrons. The third-order valence-electron chi connectivity index (χ3n) is 4.16. The van der Waals surface area contributed by atoms with Crippen LogP contribution >= 0.6 is 11.8 Å². The van der Waals surface area contributed by atoms with E-state index in [0.717, 1.165) is 28.7 Å².